The molecule has 0 aliphatic carbocycles. The zero-order valence-electron chi connectivity index (χ0n) is 14.0. The van der Waals surface area contributed by atoms with Gasteiger partial charge >= 0.3 is 0 Å². The van der Waals surface area contributed by atoms with Gasteiger partial charge in [0.05, 0.1) is 6.07 Å². The molecule has 2 aromatic carbocycles. The van der Waals surface area contributed by atoms with Gasteiger partial charge in [-0.25, -0.2) is 0 Å². The van der Waals surface area contributed by atoms with E-state index in [0.717, 1.165) is 6.42 Å². The molecule has 2 aromatic rings. The van der Waals surface area contributed by atoms with Crippen LogP contribution in [0.4, 0.5) is 0 Å². The summed E-state index contributed by atoms with van der Waals surface area (Å²) in [5, 5.41) is 8.28. The Morgan fingerprint density at radius 1 is 1.00 bits per heavy atom. The lowest BCUT2D eigenvalue weighted by molar-refractivity contribution is 0.108. The minimum absolute atomic E-state index is 0. The van der Waals surface area contributed by atoms with Crippen molar-refractivity contribution in [3.8, 4) is 6.07 Å². The van der Waals surface area contributed by atoms with Gasteiger partial charge in [0.15, 0.2) is 0 Å². The zero-order chi connectivity index (χ0) is 19.2. The van der Waals surface area contributed by atoms with Gasteiger partial charge in [-0.15, -0.1) is 25.3 Å². The van der Waals surface area contributed by atoms with Crippen molar-refractivity contribution in [1.82, 2.24) is 0 Å². The summed E-state index contributed by atoms with van der Waals surface area (Å²) in [4.78, 5) is 21.1. The highest BCUT2D eigenvalue weighted by Crippen LogP contribution is 2.10. The molecule has 1 atom stereocenters. The topological polar surface area (TPSA) is 57.9 Å². The lowest BCUT2D eigenvalue weighted by Crippen LogP contribution is -1.85. The quantitative estimate of drug-likeness (QED) is 0.580. The van der Waals surface area contributed by atoms with Gasteiger partial charge in [0, 0.05) is 22.1 Å². The van der Waals surface area contributed by atoms with Gasteiger partial charge in [0.2, 0.25) is 10.2 Å². The molecule has 6 heteroatoms. The van der Waals surface area contributed by atoms with Gasteiger partial charge in [-0.05, 0) is 37.6 Å². The van der Waals surface area contributed by atoms with Crippen molar-refractivity contribution >= 4 is 47.1 Å². The van der Waals surface area contributed by atoms with E-state index in [1.807, 2.05) is 32.0 Å². The summed E-state index contributed by atoms with van der Waals surface area (Å²) in [5.74, 6) is 0.241. The van der Waals surface area contributed by atoms with Crippen molar-refractivity contribution in [2.75, 3.05) is 0 Å². The van der Waals surface area contributed by atoms with Crippen molar-refractivity contribution in [3.63, 3.8) is 0 Å². The highest BCUT2D eigenvalue weighted by atomic mass is 35.5. The Kier molecular flexibility index (Phi) is 15.8. The van der Waals surface area contributed by atoms with Crippen LogP contribution in [-0.4, -0.2) is 10.2 Å². The molecule has 26 heavy (non-hydrogen) atoms. The largest absolute Gasteiger partial charge is 0.282 e. The lowest BCUT2D eigenvalue weighted by Gasteiger charge is -1.91. The first-order valence-electron chi connectivity index (χ1n) is 7.48. The van der Waals surface area contributed by atoms with Gasteiger partial charge in [0.1, 0.15) is 0 Å². The maximum absolute atomic E-state index is 10.6. The van der Waals surface area contributed by atoms with Crippen molar-refractivity contribution in [3.05, 3.63) is 70.7 Å². The number of benzene rings is 2. The van der Waals surface area contributed by atoms with Crippen LogP contribution in [0.5, 0.6) is 0 Å². The van der Waals surface area contributed by atoms with Crippen LogP contribution >= 0.6 is 36.9 Å². The molecule has 0 radical (unpaired) electrons. The average molecular weight is 410 g/mol. The summed E-state index contributed by atoms with van der Waals surface area (Å²) in [7, 11) is 0. The fourth-order valence-corrected chi connectivity index (χ4v) is 1.69. The second-order valence-electron chi connectivity index (χ2n) is 4.92. The van der Waals surface area contributed by atoms with Crippen LogP contribution in [-0.2, 0) is 0 Å². The summed E-state index contributed by atoms with van der Waals surface area (Å²) in [6, 6.07) is 17.6. The molecular weight excluding hydrogens is 386 g/mol. The second kappa shape index (κ2) is 15.5. The molecular formula is C20H24ClNO2S2. The number of rotatable bonds is 3. The Bertz CT molecular complexity index is 698. The van der Waals surface area contributed by atoms with Crippen LogP contribution < -0.4 is 0 Å². The molecule has 2 rings (SSSR count). The number of nitriles is 1. The highest BCUT2D eigenvalue weighted by Gasteiger charge is 1.97. The van der Waals surface area contributed by atoms with Crippen LogP contribution in [0.1, 0.15) is 48.4 Å². The molecule has 0 N–H and O–H groups in total. The van der Waals surface area contributed by atoms with Gasteiger partial charge < -0.3 is 0 Å². The third-order valence-corrected chi connectivity index (χ3v) is 3.71. The maximum Gasteiger partial charge on any atom is 0.216 e. The Morgan fingerprint density at radius 2 is 1.42 bits per heavy atom. The van der Waals surface area contributed by atoms with E-state index in [4.69, 9.17) is 16.9 Å². The first kappa shape index (κ1) is 26.5. The maximum atomic E-state index is 10.6. The average Bonchev–Trinajstić information content (AvgIpc) is 2.63. The van der Waals surface area contributed by atoms with Crippen LogP contribution in [0.15, 0.2) is 54.6 Å². The SMILES string of the molecule is C.CCC(C)C#N.O=C(S)c1ccc(Cl)cc1.O=C(S)c1ccccc1. The minimum Gasteiger partial charge on any atom is -0.282 e. The Hall–Kier alpha value is -1.74. The van der Waals surface area contributed by atoms with Crippen molar-refractivity contribution < 1.29 is 9.59 Å². The summed E-state index contributed by atoms with van der Waals surface area (Å²) in [5.41, 5.74) is 1.20. The first-order chi connectivity index (χ1) is 11.8. The van der Waals surface area contributed by atoms with Crippen LogP contribution in [0.25, 0.3) is 0 Å². The molecule has 0 spiro atoms. The van der Waals surface area contributed by atoms with Crippen LogP contribution in [0.3, 0.4) is 0 Å². The van der Waals surface area contributed by atoms with E-state index in [1.165, 1.54) is 0 Å². The summed E-state index contributed by atoms with van der Waals surface area (Å²) in [6.07, 6.45) is 0.969. The van der Waals surface area contributed by atoms with E-state index in [2.05, 4.69) is 31.3 Å². The van der Waals surface area contributed by atoms with E-state index in [-0.39, 0.29) is 23.6 Å². The molecule has 0 aliphatic rings. The molecule has 0 amide bonds. The highest BCUT2D eigenvalue weighted by molar-refractivity contribution is 7.97. The number of carbonyl (C=O) groups is 2. The fraction of sp³-hybridized carbons (Fsp3) is 0.250. The molecule has 140 valence electrons. The van der Waals surface area contributed by atoms with Gasteiger partial charge in [0.25, 0.3) is 0 Å². The monoisotopic (exact) mass is 409 g/mol. The summed E-state index contributed by atoms with van der Waals surface area (Å²) >= 11 is 12.9. The molecule has 0 fully saturated rings. The smallest absolute Gasteiger partial charge is 0.216 e. The number of carbonyl (C=O) groups excluding carboxylic acids is 2. The van der Waals surface area contributed by atoms with Gasteiger partial charge in [-0.3, -0.25) is 9.59 Å². The number of hydrogen-bond acceptors (Lipinski definition) is 3. The van der Waals surface area contributed by atoms with Crippen molar-refractivity contribution in [2.24, 2.45) is 5.92 Å². The van der Waals surface area contributed by atoms with Crippen molar-refractivity contribution in [1.29, 1.82) is 5.26 Å². The molecule has 0 aliphatic heterocycles. The fourth-order valence-electron chi connectivity index (χ4n) is 1.26. The molecule has 1 unspecified atom stereocenters. The Morgan fingerprint density at radius 3 is 1.69 bits per heavy atom. The third-order valence-electron chi connectivity index (χ3n) is 2.94. The molecule has 0 bridgehead atoms. The van der Waals surface area contributed by atoms with Crippen LogP contribution in [0, 0.1) is 17.2 Å². The zero-order valence-corrected chi connectivity index (χ0v) is 16.6. The molecule has 3 nitrogen and oxygen atoms in total. The number of thiol groups is 2. The molecule has 0 heterocycles. The molecule has 0 saturated heterocycles. The van der Waals surface area contributed by atoms with Gasteiger partial charge in [-0.1, -0.05) is 56.3 Å². The number of nitrogens with zero attached hydrogens (tertiary/aromatic N) is 1. The first-order valence-corrected chi connectivity index (χ1v) is 8.75. The van der Waals surface area contributed by atoms with Gasteiger partial charge in [-0.2, -0.15) is 5.26 Å². The van der Waals surface area contributed by atoms with E-state index >= 15 is 0 Å². The normalized spacial score (nSPS) is 9.69. The lowest BCUT2D eigenvalue weighted by atomic mass is 10.2. The van der Waals surface area contributed by atoms with Crippen LogP contribution in [0.2, 0.25) is 5.02 Å². The third kappa shape index (κ3) is 12.6. The van der Waals surface area contributed by atoms with E-state index in [0.29, 0.717) is 16.1 Å². The standard InChI is InChI=1S/C7H5ClOS.C7H6OS.C5H9N.CH4/c8-6-3-1-5(2-4-6)7(9)10;8-7(9)6-4-2-1-3-5-6;1-3-5(2)4-6;/h1-4H,(H,9,10);1-5H,(H,8,9);5H,3H2,1-2H3;1H4. The number of hydrogen-bond donors (Lipinski definition) is 2. The number of halogens is 1. The van der Waals surface area contributed by atoms with Crippen molar-refractivity contribution in [2.45, 2.75) is 27.7 Å². The summed E-state index contributed by atoms with van der Waals surface area (Å²) < 4.78 is 0. The minimum atomic E-state index is -0.239. The van der Waals surface area contributed by atoms with E-state index in [9.17, 15) is 9.59 Å². The predicted octanol–water partition coefficient (Wildman–Crippen LogP) is 6.36. The Labute approximate surface area is 172 Å². The molecule has 0 aromatic heterocycles. The second-order valence-corrected chi connectivity index (χ2v) is 6.17. The Balaban J connectivity index is 0. The van der Waals surface area contributed by atoms with E-state index in [1.54, 1.807) is 36.4 Å². The van der Waals surface area contributed by atoms with E-state index < -0.39 is 0 Å². The molecule has 0 saturated carbocycles. The predicted molar refractivity (Wildman–Crippen MR) is 116 cm³/mol. The summed E-state index contributed by atoms with van der Waals surface area (Å²) in [6.45, 7) is 3.92.